The Morgan fingerprint density at radius 3 is 2.80 bits per heavy atom. The van der Waals surface area contributed by atoms with Gasteiger partial charge in [0.1, 0.15) is 0 Å². The van der Waals surface area contributed by atoms with Gasteiger partial charge in [-0.1, -0.05) is 6.07 Å². The van der Waals surface area contributed by atoms with Crippen LogP contribution in [0.25, 0.3) is 21.6 Å². The Kier molecular flexibility index (Phi) is 2.72. The van der Waals surface area contributed by atoms with Crippen molar-refractivity contribution in [2.24, 2.45) is 0 Å². The summed E-state index contributed by atoms with van der Waals surface area (Å²) in [5.41, 5.74) is -0.298. The molecule has 0 atom stereocenters. The number of nitro benzene ring substituents is 1. The molecule has 0 bridgehead atoms. The summed E-state index contributed by atoms with van der Waals surface area (Å²) in [6.07, 6.45) is 0. The van der Waals surface area contributed by atoms with E-state index in [4.69, 9.17) is 5.84 Å². The molecule has 0 unspecified atom stereocenters. The van der Waals surface area contributed by atoms with Gasteiger partial charge in [-0.15, -0.1) is 11.3 Å². The third kappa shape index (κ3) is 1.82. The number of aromatic nitrogens is 2. The highest BCUT2D eigenvalue weighted by Crippen LogP contribution is 2.23. The second-order valence-corrected chi connectivity index (χ2v) is 4.99. The maximum atomic E-state index is 12.2. The van der Waals surface area contributed by atoms with Crippen LogP contribution in [0.5, 0.6) is 0 Å². The van der Waals surface area contributed by atoms with E-state index in [1.807, 2.05) is 11.4 Å². The molecule has 8 heteroatoms. The van der Waals surface area contributed by atoms with E-state index in [0.29, 0.717) is 11.3 Å². The number of nitrogen functional groups attached to an aromatic ring is 1. The van der Waals surface area contributed by atoms with E-state index in [0.717, 1.165) is 9.55 Å². The maximum absolute atomic E-state index is 12.2. The molecule has 20 heavy (non-hydrogen) atoms. The molecular weight excluding hydrogens is 280 g/mol. The van der Waals surface area contributed by atoms with Crippen molar-refractivity contribution >= 4 is 27.9 Å². The van der Waals surface area contributed by atoms with Gasteiger partial charge in [0.05, 0.1) is 20.7 Å². The topological polar surface area (TPSA) is 104 Å². The van der Waals surface area contributed by atoms with Gasteiger partial charge in [0.25, 0.3) is 11.2 Å². The summed E-state index contributed by atoms with van der Waals surface area (Å²) in [5.74, 6) is 6.08. The largest absolute Gasteiger partial charge is 0.334 e. The van der Waals surface area contributed by atoms with Crippen molar-refractivity contribution in [3.63, 3.8) is 0 Å². The Morgan fingerprint density at radius 2 is 2.15 bits per heavy atom. The zero-order valence-electron chi connectivity index (χ0n) is 10.0. The average molecular weight is 288 g/mol. The molecule has 0 aliphatic carbocycles. The van der Waals surface area contributed by atoms with Gasteiger partial charge in [0, 0.05) is 12.1 Å². The molecule has 3 rings (SSSR count). The Hall–Kier alpha value is -2.74. The maximum Gasteiger partial charge on any atom is 0.280 e. The molecule has 3 aromatic rings. The summed E-state index contributed by atoms with van der Waals surface area (Å²) >= 11 is 1.41. The zero-order chi connectivity index (χ0) is 14.3. The normalized spacial score (nSPS) is 10.8. The van der Waals surface area contributed by atoms with Crippen LogP contribution in [0.3, 0.4) is 0 Å². The number of rotatable bonds is 2. The van der Waals surface area contributed by atoms with Crippen LogP contribution in [0.4, 0.5) is 5.69 Å². The van der Waals surface area contributed by atoms with E-state index in [1.165, 1.54) is 29.5 Å². The Morgan fingerprint density at radius 1 is 1.35 bits per heavy atom. The summed E-state index contributed by atoms with van der Waals surface area (Å²) < 4.78 is 0.915. The van der Waals surface area contributed by atoms with Gasteiger partial charge in [-0.05, 0) is 17.5 Å². The zero-order valence-corrected chi connectivity index (χ0v) is 10.8. The molecule has 0 spiro atoms. The molecule has 0 radical (unpaired) electrons. The summed E-state index contributed by atoms with van der Waals surface area (Å²) in [7, 11) is 0. The monoisotopic (exact) mass is 288 g/mol. The van der Waals surface area contributed by atoms with Crippen LogP contribution in [0.15, 0.2) is 40.5 Å². The summed E-state index contributed by atoms with van der Waals surface area (Å²) in [5, 5.41) is 12.7. The molecule has 0 fully saturated rings. The standard InChI is InChI=1S/C12H8N4O3S/c13-15-11(10-2-1-5-20-10)14-9-4-3-7(16(18)19)6-8(9)12(15)17/h1-6H,13H2. The number of nitro groups is 1. The highest BCUT2D eigenvalue weighted by atomic mass is 32.1. The lowest BCUT2D eigenvalue weighted by molar-refractivity contribution is -0.384. The second-order valence-electron chi connectivity index (χ2n) is 4.05. The predicted octanol–water partition coefficient (Wildman–Crippen LogP) is 1.75. The van der Waals surface area contributed by atoms with Gasteiger partial charge in [-0.2, -0.15) is 0 Å². The van der Waals surface area contributed by atoms with E-state index in [9.17, 15) is 14.9 Å². The number of benzene rings is 1. The molecule has 2 aromatic heterocycles. The average Bonchev–Trinajstić information content (AvgIpc) is 2.96. The Bertz CT molecular complexity index is 870. The number of hydrogen-bond acceptors (Lipinski definition) is 6. The number of nitrogens with two attached hydrogens (primary N) is 1. The molecule has 0 saturated carbocycles. The molecule has 2 N–H and O–H groups in total. The molecule has 7 nitrogen and oxygen atoms in total. The van der Waals surface area contributed by atoms with Crippen molar-refractivity contribution in [3.8, 4) is 10.7 Å². The quantitative estimate of drug-likeness (QED) is 0.439. The molecule has 0 aliphatic heterocycles. The third-order valence-corrected chi connectivity index (χ3v) is 3.70. The van der Waals surface area contributed by atoms with Crippen molar-refractivity contribution < 1.29 is 4.92 Å². The summed E-state index contributed by atoms with van der Waals surface area (Å²) in [4.78, 5) is 27.4. The fourth-order valence-corrected chi connectivity index (χ4v) is 2.59. The van der Waals surface area contributed by atoms with E-state index in [1.54, 1.807) is 6.07 Å². The molecule has 0 aliphatic rings. The van der Waals surface area contributed by atoms with Crippen LogP contribution in [-0.4, -0.2) is 14.6 Å². The van der Waals surface area contributed by atoms with E-state index < -0.39 is 10.5 Å². The van der Waals surface area contributed by atoms with Gasteiger partial charge in [0.2, 0.25) is 0 Å². The number of fused-ring (bicyclic) bond motifs is 1. The molecule has 0 amide bonds. The highest BCUT2D eigenvalue weighted by molar-refractivity contribution is 7.13. The van der Waals surface area contributed by atoms with Crippen molar-refractivity contribution in [2.75, 3.05) is 5.84 Å². The van der Waals surface area contributed by atoms with Crippen molar-refractivity contribution in [1.29, 1.82) is 0 Å². The molecule has 100 valence electrons. The molecule has 1 aromatic carbocycles. The fourth-order valence-electron chi connectivity index (χ4n) is 1.88. The fraction of sp³-hybridized carbons (Fsp3) is 0. The van der Waals surface area contributed by atoms with E-state index >= 15 is 0 Å². The van der Waals surface area contributed by atoms with E-state index in [2.05, 4.69) is 4.98 Å². The third-order valence-electron chi connectivity index (χ3n) is 2.84. The van der Waals surface area contributed by atoms with Crippen molar-refractivity contribution in [2.45, 2.75) is 0 Å². The first-order valence-electron chi connectivity index (χ1n) is 5.58. The van der Waals surface area contributed by atoms with Gasteiger partial charge >= 0.3 is 0 Å². The van der Waals surface area contributed by atoms with E-state index in [-0.39, 0.29) is 11.1 Å². The van der Waals surface area contributed by atoms with Crippen LogP contribution in [0, 0.1) is 10.1 Å². The summed E-state index contributed by atoms with van der Waals surface area (Å²) in [6.45, 7) is 0. The van der Waals surface area contributed by atoms with Crippen molar-refractivity contribution in [1.82, 2.24) is 9.66 Å². The van der Waals surface area contributed by atoms with Crippen LogP contribution in [-0.2, 0) is 0 Å². The van der Waals surface area contributed by atoms with Crippen LogP contribution < -0.4 is 11.4 Å². The van der Waals surface area contributed by atoms with Crippen LogP contribution >= 0.6 is 11.3 Å². The predicted molar refractivity (Wildman–Crippen MR) is 76.1 cm³/mol. The van der Waals surface area contributed by atoms with Gasteiger partial charge < -0.3 is 5.84 Å². The lowest BCUT2D eigenvalue weighted by Gasteiger charge is -2.06. The Balaban J connectivity index is 2.34. The minimum Gasteiger partial charge on any atom is -0.334 e. The number of non-ortho nitro benzene ring substituents is 1. The molecular formula is C12H8N4O3S. The number of hydrogen-bond donors (Lipinski definition) is 1. The smallest absolute Gasteiger partial charge is 0.280 e. The first-order chi connectivity index (χ1) is 9.58. The van der Waals surface area contributed by atoms with Gasteiger partial charge in [-0.3, -0.25) is 14.9 Å². The van der Waals surface area contributed by atoms with Crippen molar-refractivity contribution in [3.05, 3.63) is 56.2 Å². The lowest BCUT2D eigenvalue weighted by Crippen LogP contribution is -2.29. The SMILES string of the molecule is Nn1c(-c2cccs2)nc2ccc([N+](=O)[O-])cc2c1=O. The van der Waals surface area contributed by atoms with Gasteiger partial charge in [-0.25, -0.2) is 9.66 Å². The minimum atomic E-state index is -0.563. The first kappa shape index (κ1) is 12.3. The minimum absolute atomic E-state index is 0.127. The second kappa shape index (κ2) is 4.42. The number of thiophene rings is 1. The van der Waals surface area contributed by atoms with Crippen LogP contribution in [0.1, 0.15) is 0 Å². The van der Waals surface area contributed by atoms with Gasteiger partial charge in [0.15, 0.2) is 5.82 Å². The summed E-state index contributed by atoms with van der Waals surface area (Å²) in [6, 6.07) is 7.57. The first-order valence-corrected chi connectivity index (χ1v) is 6.46. The molecule has 0 saturated heterocycles. The highest BCUT2D eigenvalue weighted by Gasteiger charge is 2.14. The lowest BCUT2D eigenvalue weighted by atomic mass is 10.2. The van der Waals surface area contributed by atoms with Crippen LogP contribution in [0.2, 0.25) is 0 Å². The molecule has 2 heterocycles. The number of nitrogens with zero attached hydrogens (tertiary/aromatic N) is 3. The Labute approximate surface area is 116 Å².